The average Bonchev–Trinajstić information content (AvgIpc) is 3.16. The van der Waals surface area contributed by atoms with Crippen molar-refractivity contribution in [2.24, 2.45) is 0 Å². The fourth-order valence-corrected chi connectivity index (χ4v) is 5.04. The lowest BCUT2D eigenvalue weighted by atomic mass is 9.87. The molecule has 1 fully saturated rings. The number of halogens is 1. The third-order valence-corrected chi connectivity index (χ3v) is 7.02. The minimum absolute atomic E-state index is 0.0195. The van der Waals surface area contributed by atoms with E-state index in [1.165, 1.54) is 17.8 Å². The van der Waals surface area contributed by atoms with Crippen molar-refractivity contribution < 1.29 is 14.0 Å². The Hall–Kier alpha value is -3.12. The highest BCUT2D eigenvalue weighted by Gasteiger charge is 2.35. The normalized spacial score (nSPS) is 16.2. The molecular weight excluding hydrogens is 435 g/mol. The Labute approximate surface area is 198 Å². The second-order valence-corrected chi connectivity index (χ2v) is 10.3. The summed E-state index contributed by atoms with van der Waals surface area (Å²) in [5.41, 5.74) is 4.30. The van der Waals surface area contributed by atoms with Crippen molar-refractivity contribution >= 4 is 35.0 Å². The lowest BCUT2D eigenvalue weighted by molar-refractivity contribution is -0.115. The van der Waals surface area contributed by atoms with Gasteiger partial charge < -0.3 is 5.32 Å². The van der Waals surface area contributed by atoms with Crippen LogP contribution in [0, 0.1) is 12.7 Å². The van der Waals surface area contributed by atoms with Crippen molar-refractivity contribution in [3.05, 3.63) is 94.8 Å². The third kappa shape index (κ3) is 4.81. The van der Waals surface area contributed by atoms with Crippen molar-refractivity contribution in [3.63, 3.8) is 0 Å². The van der Waals surface area contributed by atoms with Crippen molar-refractivity contribution in [2.75, 3.05) is 16.0 Å². The van der Waals surface area contributed by atoms with Crippen molar-refractivity contribution in [1.29, 1.82) is 0 Å². The van der Waals surface area contributed by atoms with Gasteiger partial charge in [-0.05, 0) is 59.9 Å². The van der Waals surface area contributed by atoms with Gasteiger partial charge in [-0.15, -0.1) is 11.8 Å². The van der Waals surface area contributed by atoms with E-state index < -0.39 is 0 Å². The molecule has 1 N–H and O–H groups in total. The van der Waals surface area contributed by atoms with Gasteiger partial charge in [0, 0.05) is 16.8 Å². The molecule has 3 aromatic carbocycles. The van der Waals surface area contributed by atoms with Crippen LogP contribution in [0.4, 0.5) is 15.8 Å². The molecule has 6 heteroatoms. The first kappa shape index (κ1) is 23.1. The molecule has 4 nitrogen and oxygen atoms in total. The van der Waals surface area contributed by atoms with Crippen LogP contribution in [0.1, 0.15) is 53.2 Å². The molecule has 0 spiro atoms. The Bertz CT molecular complexity index is 1200. The van der Waals surface area contributed by atoms with Gasteiger partial charge in [0.25, 0.3) is 5.91 Å². The SMILES string of the molecule is Cc1c(F)cccc1N1C(=O)CS[C@@H]1c1cccc(NC(=O)c2ccc(C(C)(C)C)cc2)c1. The van der Waals surface area contributed by atoms with Crippen LogP contribution >= 0.6 is 11.8 Å². The minimum Gasteiger partial charge on any atom is -0.322 e. The van der Waals surface area contributed by atoms with E-state index in [9.17, 15) is 14.0 Å². The number of thioether (sulfide) groups is 1. The largest absolute Gasteiger partial charge is 0.322 e. The smallest absolute Gasteiger partial charge is 0.255 e. The lowest BCUT2D eigenvalue weighted by Crippen LogP contribution is -2.28. The van der Waals surface area contributed by atoms with Crippen molar-refractivity contribution in [2.45, 2.75) is 38.5 Å². The van der Waals surface area contributed by atoms with Crippen LogP contribution in [0.25, 0.3) is 0 Å². The summed E-state index contributed by atoms with van der Waals surface area (Å²) in [4.78, 5) is 27.1. The Morgan fingerprint density at radius 2 is 1.76 bits per heavy atom. The van der Waals surface area contributed by atoms with E-state index in [0.717, 1.165) is 11.1 Å². The van der Waals surface area contributed by atoms with Gasteiger partial charge in [-0.1, -0.05) is 51.1 Å². The summed E-state index contributed by atoms with van der Waals surface area (Å²) in [6.45, 7) is 8.08. The summed E-state index contributed by atoms with van der Waals surface area (Å²) < 4.78 is 14.2. The first-order valence-electron chi connectivity index (χ1n) is 10.9. The van der Waals surface area contributed by atoms with Gasteiger partial charge in [-0.2, -0.15) is 0 Å². The second-order valence-electron chi connectivity index (χ2n) is 9.22. The Morgan fingerprint density at radius 1 is 1.06 bits per heavy atom. The van der Waals surface area contributed by atoms with Gasteiger partial charge in [0.1, 0.15) is 11.2 Å². The highest BCUT2D eigenvalue weighted by Crippen LogP contribution is 2.43. The maximum atomic E-state index is 14.2. The van der Waals surface area contributed by atoms with Crippen LogP contribution in [-0.4, -0.2) is 17.6 Å². The van der Waals surface area contributed by atoms with E-state index >= 15 is 0 Å². The zero-order valence-electron chi connectivity index (χ0n) is 19.2. The molecule has 1 aliphatic heterocycles. The van der Waals surface area contributed by atoms with Crippen LogP contribution in [0.3, 0.4) is 0 Å². The summed E-state index contributed by atoms with van der Waals surface area (Å²) >= 11 is 1.49. The van der Waals surface area contributed by atoms with E-state index in [0.29, 0.717) is 28.3 Å². The number of carbonyl (C=O) groups excluding carboxylic acids is 2. The topological polar surface area (TPSA) is 49.4 Å². The van der Waals surface area contributed by atoms with E-state index in [2.05, 4.69) is 26.1 Å². The van der Waals surface area contributed by atoms with Crippen LogP contribution in [0.2, 0.25) is 0 Å². The molecule has 1 saturated heterocycles. The second kappa shape index (κ2) is 9.02. The van der Waals surface area contributed by atoms with E-state index in [1.54, 1.807) is 24.0 Å². The zero-order valence-corrected chi connectivity index (χ0v) is 20.0. The predicted molar refractivity (Wildman–Crippen MR) is 133 cm³/mol. The number of rotatable bonds is 4. The molecule has 2 amide bonds. The molecule has 4 rings (SSSR count). The van der Waals surface area contributed by atoms with Crippen LogP contribution in [0.15, 0.2) is 66.7 Å². The van der Waals surface area contributed by atoms with Crippen molar-refractivity contribution in [1.82, 2.24) is 0 Å². The van der Waals surface area contributed by atoms with E-state index in [4.69, 9.17) is 0 Å². The fraction of sp³-hybridized carbons (Fsp3) is 0.259. The van der Waals surface area contributed by atoms with Gasteiger partial charge >= 0.3 is 0 Å². The molecule has 170 valence electrons. The predicted octanol–water partition coefficient (Wildman–Crippen LogP) is 6.46. The molecule has 1 aliphatic rings. The number of carbonyl (C=O) groups is 2. The average molecular weight is 463 g/mol. The summed E-state index contributed by atoms with van der Waals surface area (Å²) in [6.07, 6.45) is 0. The van der Waals surface area contributed by atoms with Crippen LogP contribution < -0.4 is 10.2 Å². The molecule has 1 atom stereocenters. The Kier molecular flexibility index (Phi) is 6.30. The van der Waals surface area contributed by atoms with Gasteiger partial charge in [0.15, 0.2) is 0 Å². The monoisotopic (exact) mass is 462 g/mol. The van der Waals surface area contributed by atoms with E-state index in [-0.39, 0.29) is 28.4 Å². The maximum absolute atomic E-state index is 14.2. The van der Waals surface area contributed by atoms with Gasteiger partial charge in [0.05, 0.1) is 11.4 Å². The van der Waals surface area contributed by atoms with Crippen LogP contribution in [-0.2, 0) is 10.2 Å². The highest BCUT2D eigenvalue weighted by atomic mass is 32.2. The van der Waals surface area contributed by atoms with Crippen molar-refractivity contribution in [3.8, 4) is 0 Å². The first-order valence-corrected chi connectivity index (χ1v) is 11.9. The molecule has 0 saturated carbocycles. The number of hydrogen-bond donors (Lipinski definition) is 1. The summed E-state index contributed by atoms with van der Waals surface area (Å²) in [6, 6.07) is 19.9. The Morgan fingerprint density at radius 3 is 2.45 bits per heavy atom. The number of nitrogens with zero attached hydrogens (tertiary/aromatic N) is 1. The molecular formula is C27H27FN2O2S. The summed E-state index contributed by atoms with van der Waals surface area (Å²) in [7, 11) is 0. The standard InChI is InChI=1S/C27H27FN2O2S/c1-17-22(28)9-6-10-23(17)30-24(31)16-33-26(30)19-7-5-8-21(15-19)29-25(32)18-11-13-20(14-12-18)27(2,3)4/h5-15,26H,16H2,1-4H3,(H,29,32)/t26-/m1/s1. The molecule has 1 heterocycles. The number of amides is 2. The molecule has 0 unspecified atom stereocenters. The Balaban J connectivity index is 1.57. The van der Waals surface area contributed by atoms with E-state index in [1.807, 2.05) is 48.5 Å². The summed E-state index contributed by atoms with van der Waals surface area (Å²) in [5, 5.41) is 2.66. The number of hydrogen-bond acceptors (Lipinski definition) is 3. The molecule has 0 aliphatic carbocycles. The summed E-state index contributed by atoms with van der Waals surface area (Å²) in [5.74, 6) is -0.278. The zero-order chi connectivity index (χ0) is 23.8. The first-order chi connectivity index (χ1) is 15.6. The van der Waals surface area contributed by atoms with Gasteiger partial charge in [-0.25, -0.2) is 4.39 Å². The molecule has 0 radical (unpaired) electrons. The quantitative estimate of drug-likeness (QED) is 0.484. The molecule has 33 heavy (non-hydrogen) atoms. The number of anilines is 2. The molecule has 0 aromatic heterocycles. The lowest BCUT2D eigenvalue weighted by Gasteiger charge is -2.26. The number of benzene rings is 3. The number of nitrogens with one attached hydrogen (secondary N) is 1. The van der Waals surface area contributed by atoms with Gasteiger partial charge in [-0.3, -0.25) is 14.5 Å². The third-order valence-electron chi connectivity index (χ3n) is 5.81. The van der Waals surface area contributed by atoms with Gasteiger partial charge in [0.2, 0.25) is 5.91 Å². The molecule has 0 bridgehead atoms. The van der Waals surface area contributed by atoms with Crippen LogP contribution in [0.5, 0.6) is 0 Å². The highest BCUT2D eigenvalue weighted by molar-refractivity contribution is 8.00. The maximum Gasteiger partial charge on any atom is 0.255 e. The molecule has 3 aromatic rings. The minimum atomic E-state index is -0.338. The fourth-order valence-electron chi connectivity index (χ4n) is 3.88.